The van der Waals surface area contributed by atoms with Gasteiger partial charge in [0.25, 0.3) is 5.91 Å². The Labute approximate surface area is 87.0 Å². The van der Waals surface area contributed by atoms with Crippen LogP contribution in [0.3, 0.4) is 0 Å². The lowest BCUT2D eigenvalue weighted by Crippen LogP contribution is -2.28. The average Bonchev–Trinajstić information content (AvgIpc) is 2.14. The van der Waals surface area contributed by atoms with E-state index in [2.05, 4.69) is 5.32 Å². The predicted molar refractivity (Wildman–Crippen MR) is 53.9 cm³/mol. The topological polar surface area (TPSA) is 38.3 Å². The number of carbonyl (C=O) groups is 1. The lowest BCUT2D eigenvalue weighted by molar-refractivity contribution is 0.0940. The molecule has 0 unspecified atom stereocenters. The second-order valence-electron chi connectivity index (χ2n) is 3.10. The van der Waals surface area contributed by atoms with Crippen LogP contribution in [0.4, 0.5) is 0 Å². The van der Waals surface area contributed by atoms with E-state index in [0.29, 0.717) is 29.5 Å². The molecule has 0 aromatic heterocycles. The molecule has 0 aliphatic carbocycles. The molecule has 0 bridgehead atoms. The summed E-state index contributed by atoms with van der Waals surface area (Å²) >= 11 is 5.81. The first-order valence-electron chi connectivity index (χ1n) is 4.48. The highest BCUT2D eigenvalue weighted by Gasteiger charge is 2.14. The third-order valence-electron chi connectivity index (χ3n) is 2.05. The van der Waals surface area contributed by atoms with Crippen molar-refractivity contribution in [1.82, 2.24) is 5.32 Å². The van der Waals surface area contributed by atoms with E-state index in [9.17, 15) is 4.79 Å². The standard InChI is InChI=1S/C10H10ClNO2/c11-7-2-3-8-9(6-7)14-5-1-4-12-10(8)13/h2-3,6H,1,4-5H2,(H,12,13). The zero-order valence-electron chi connectivity index (χ0n) is 7.55. The Bertz CT molecular complexity index is 365. The Hall–Kier alpha value is -1.22. The molecular weight excluding hydrogens is 202 g/mol. The highest BCUT2D eigenvalue weighted by atomic mass is 35.5. The number of hydrogen-bond acceptors (Lipinski definition) is 2. The van der Waals surface area contributed by atoms with Crippen molar-refractivity contribution in [3.05, 3.63) is 28.8 Å². The smallest absolute Gasteiger partial charge is 0.255 e. The van der Waals surface area contributed by atoms with Gasteiger partial charge in [-0.05, 0) is 24.6 Å². The number of nitrogens with one attached hydrogen (secondary N) is 1. The molecule has 3 nitrogen and oxygen atoms in total. The first-order chi connectivity index (χ1) is 6.77. The van der Waals surface area contributed by atoms with E-state index < -0.39 is 0 Å². The van der Waals surface area contributed by atoms with Crippen LogP contribution in [0, 0.1) is 0 Å². The lowest BCUT2D eigenvalue weighted by atomic mass is 10.1. The molecule has 4 heteroatoms. The molecule has 1 aliphatic rings. The number of ether oxygens (including phenoxy) is 1. The average molecular weight is 212 g/mol. The van der Waals surface area contributed by atoms with Crippen molar-refractivity contribution in [2.75, 3.05) is 13.2 Å². The molecule has 0 fully saturated rings. The number of benzene rings is 1. The minimum Gasteiger partial charge on any atom is -0.493 e. The number of rotatable bonds is 0. The van der Waals surface area contributed by atoms with Gasteiger partial charge in [-0.25, -0.2) is 0 Å². The van der Waals surface area contributed by atoms with Crippen molar-refractivity contribution >= 4 is 17.5 Å². The molecule has 1 aliphatic heterocycles. The molecule has 1 heterocycles. The fraction of sp³-hybridized carbons (Fsp3) is 0.300. The van der Waals surface area contributed by atoms with Crippen molar-refractivity contribution < 1.29 is 9.53 Å². The molecule has 1 N–H and O–H groups in total. The Morgan fingerprint density at radius 3 is 3.14 bits per heavy atom. The van der Waals surface area contributed by atoms with Gasteiger partial charge in [0.15, 0.2) is 0 Å². The molecule has 2 rings (SSSR count). The third-order valence-corrected chi connectivity index (χ3v) is 2.29. The maximum Gasteiger partial charge on any atom is 0.255 e. The molecule has 1 aromatic carbocycles. The monoisotopic (exact) mass is 211 g/mol. The van der Waals surface area contributed by atoms with Gasteiger partial charge in [0, 0.05) is 11.6 Å². The number of amides is 1. The quantitative estimate of drug-likeness (QED) is 0.711. The number of halogens is 1. The second kappa shape index (κ2) is 3.88. The van der Waals surface area contributed by atoms with Crippen LogP contribution in [0.15, 0.2) is 18.2 Å². The van der Waals surface area contributed by atoms with Crippen LogP contribution in [-0.4, -0.2) is 19.1 Å². The summed E-state index contributed by atoms with van der Waals surface area (Å²) in [6, 6.07) is 5.03. The summed E-state index contributed by atoms with van der Waals surface area (Å²) in [4.78, 5) is 11.5. The van der Waals surface area contributed by atoms with Gasteiger partial charge in [0.05, 0.1) is 12.2 Å². The summed E-state index contributed by atoms with van der Waals surface area (Å²) in [6.45, 7) is 1.26. The van der Waals surface area contributed by atoms with Gasteiger partial charge >= 0.3 is 0 Å². The predicted octanol–water partition coefficient (Wildman–Crippen LogP) is 1.85. The zero-order valence-corrected chi connectivity index (χ0v) is 8.30. The van der Waals surface area contributed by atoms with E-state index in [-0.39, 0.29) is 5.91 Å². The molecule has 14 heavy (non-hydrogen) atoms. The van der Waals surface area contributed by atoms with Crippen molar-refractivity contribution in [2.24, 2.45) is 0 Å². The normalized spacial score (nSPS) is 15.9. The van der Waals surface area contributed by atoms with E-state index in [4.69, 9.17) is 16.3 Å². The Kier molecular flexibility index (Phi) is 2.59. The van der Waals surface area contributed by atoms with Gasteiger partial charge in [-0.15, -0.1) is 0 Å². The van der Waals surface area contributed by atoms with Gasteiger partial charge in [-0.2, -0.15) is 0 Å². The Balaban J connectivity index is 2.41. The maximum atomic E-state index is 11.5. The Morgan fingerprint density at radius 2 is 2.29 bits per heavy atom. The van der Waals surface area contributed by atoms with Crippen LogP contribution in [0.25, 0.3) is 0 Å². The van der Waals surface area contributed by atoms with Crippen LogP contribution in [-0.2, 0) is 0 Å². The highest BCUT2D eigenvalue weighted by Crippen LogP contribution is 2.24. The van der Waals surface area contributed by atoms with Gasteiger partial charge in [0.2, 0.25) is 0 Å². The van der Waals surface area contributed by atoms with E-state index in [0.717, 1.165) is 6.42 Å². The van der Waals surface area contributed by atoms with E-state index >= 15 is 0 Å². The van der Waals surface area contributed by atoms with Crippen molar-refractivity contribution in [3.8, 4) is 5.75 Å². The van der Waals surface area contributed by atoms with Crippen LogP contribution in [0.2, 0.25) is 5.02 Å². The summed E-state index contributed by atoms with van der Waals surface area (Å²) in [5, 5.41) is 3.38. The number of carbonyl (C=O) groups excluding carboxylic acids is 1. The summed E-state index contributed by atoms with van der Waals surface area (Å²) < 4.78 is 5.43. The molecule has 0 atom stereocenters. The number of fused-ring (bicyclic) bond motifs is 1. The summed E-state index contributed by atoms with van der Waals surface area (Å²) in [6.07, 6.45) is 0.817. The largest absolute Gasteiger partial charge is 0.493 e. The number of hydrogen-bond donors (Lipinski definition) is 1. The molecule has 0 saturated heterocycles. The summed E-state index contributed by atoms with van der Waals surface area (Å²) in [7, 11) is 0. The van der Waals surface area contributed by atoms with Crippen molar-refractivity contribution in [3.63, 3.8) is 0 Å². The highest BCUT2D eigenvalue weighted by molar-refractivity contribution is 6.30. The first kappa shape index (κ1) is 9.34. The van der Waals surface area contributed by atoms with E-state index in [1.54, 1.807) is 18.2 Å². The lowest BCUT2D eigenvalue weighted by Gasteiger charge is -2.15. The van der Waals surface area contributed by atoms with E-state index in [1.807, 2.05) is 0 Å². The molecular formula is C10H10ClNO2. The van der Waals surface area contributed by atoms with Gasteiger partial charge in [-0.3, -0.25) is 4.79 Å². The van der Waals surface area contributed by atoms with Crippen LogP contribution in [0.5, 0.6) is 5.75 Å². The second-order valence-corrected chi connectivity index (χ2v) is 3.53. The zero-order chi connectivity index (χ0) is 9.97. The van der Waals surface area contributed by atoms with Crippen LogP contribution < -0.4 is 10.1 Å². The molecule has 74 valence electrons. The van der Waals surface area contributed by atoms with Crippen molar-refractivity contribution in [2.45, 2.75) is 6.42 Å². The van der Waals surface area contributed by atoms with Crippen molar-refractivity contribution in [1.29, 1.82) is 0 Å². The van der Waals surface area contributed by atoms with E-state index in [1.165, 1.54) is 0 Å². The Morgan fingerprint density at radius 1 is 1.43 bits per heavy atom. The molecule has 0 saturated carbocycles. The van der Waals surface area contributed by atoms with Gasteiger partial charge in [-0.1, -0.05) is 11.6 Å². The fourth-order valence-electron chi connectivity index (χ4n) is 1.35. The molecule has 1 aromatic rings. The summed E-state index contributed by atoms with van der Waals surface area (Å²) in [5.41, 5.74) is 0.550. The maximum absolute atomic E-state index is 11.5. The minimum atomic E-state index is -0.101. The summed E-state index contributed by atoms with van der Waals surface area (Å²) in [5.74, 6) is 0.464. The first-order valence-corrected chi connectivity index (χ1v) is 4.86. The minimum absolute atomic E-state index is 0.101. The van der Waals surface area contributed by atoms with Crippen LogP contribution in [0.1, 0.15) is 16.8 Å². The molecule has 1 amide bonds. The molecule has 0 radical (unpaired) electrons. The fourth-order valence-corrected chi connectivity index (χ4v) is 1.52. The van der Waals surface area contributed by atoms with Crippen LogP contribution >= 0.6 is 11.6 Å². The SMILES string of the molecule is O=C1NCCCOc2cc(Cl)ccc21. The molecule has 0 spiro atoms. The third kappa shape index (κ3) is 1.82. The van der Waals surface area contributed by atoms with Gasteiger partial charge < -0.3 is 10.1 Å². The van der Waals surface area contributed by atoms with Gasteiger partial charge in [0.1, 0.15) is 5.75 Å².